The Morgan fingerprint density at radius 3 is 2.44 bits per heavy atom. The van der Waals surface area contributed by atoms with Crippen LogP contribution in [0.1, 0.15) is 65.7 Å². The van der Waals surface area contributed by atoms with Crippen molar-refractivity contribution >= 4 is 0 Å². The van der Waals surface area contributed by atoms with E-state index < -0.39 is 0 Å². The third kappa shape index (κ3) is 3.27. The highest BCUT2D eigenvalue weighted by Gasteiger charge is 2.43. The van der Waals surface area contributed by atoms with Gasteiger partial charge in [0.05, 0.1) is 11.7 Å². The molecular formula is C16H31NO. The van der Waals surface area contributed by atoms with Crippen LogP contribution in [0.5, 0.6) is 0 Å². The van der Waals surface area contributed by atoms with Crippen LogP contribution < -0.4 is 5.32 Å². The highest BCUT2D eigenvalue weighted by molar-refractivity contribution is 4.94. The van der Waals surface area contributed by atoms with E-state index in [-0.39, 0.29) is 0 Å². The summed E-state index contributed by atoms with van der Waals surface area (Å²) >= 11 is 0. The van der Waals surface area contributed by atoms with Crippen molar-refractivity contribution in [2.45, 2.75) is 77.4 Å². The lowest BCUT2D eigenvalue weighted by Gasteiger charge is -2.33. The van der Waals surface area contributed by atoms with Gasteiger partial charge in [0.15, 0.2) is 0 Å². The Morgan fingerprint density at radius 1 is 1.22 bits per heavy atom. The van der Waals surface area contributed by atoms with Crippen molar-refractivity contribution in [1.82, 2.24) is 5.32 Å². The van der Waals surface area contributed by atoms with E-state index in [0.717, 1.165) is 6.54 Å². The summed E-state index contributed by atoms with van der Waals surface area (Å²) in [4.78, 5) is 0. The summed E-state index contributed by atoms with van der Waals surface area (Å²) in [5.41, 5.74) is 0.671. The van der Waals surface area contributed by atoms with Crippen molar-refractivity contribution in [1.29, 1.82) is 0 Å². The van der Waals surface area contributed by atoms with Gasteiger partial charge in [-0.1, -0.05) is 33.6 Å². The molecule has 1 saturated carbocycles. The third-order valence-electron chi connectivity index (χ3n) is 5.08. The molecule has 0 bridgehead atoms. The molecule has 2 nitrogen and oxygen atoms in total. The summed E-state index contributed by atoms with van der Waals surface area (Å²) < 4.78 is 6.45. The highest BCUT2D eigenvalue weighted by Crippen LogP contribution is 2.45. The monoisotopic (exact) mass is 253 g/mol. The van der Waals surface area contributed by atoms with Crippen LogP contribution in [-0.2, 0) is 4.74 Å². The van der Waals surface area contributed by atoms with Gasteiger partial charge >= 0.3 is 0 Å². The molecule has 2 unspecified atom stereocenters. The molecule has 1 spiro atoms. The molecule has 18 heavy (non-hydrogen) atoms. The Hall–Kier alpha value is -0.0800. The third-order valence-corrected chi connectivity index (χ3v) is 5.08. The van der Waals surface area contributed by atoms with E-state index in [1.54, 1.807) is 0 Å². The second kappa shape index (κ2) is 5.50. The van der Waals surface area contributed by atoms with E-state index in [0.29, 0.717) is 23.0 Å². The van der Waals surface area contributed by atoms with Crippen molar-refractivity contribution in [2.75, 3.05) is 13.6 Å². The second-order valence-electron chi connectivity index (χ2n) is 7.52. The van der Waals surface area contributed by atoms with Crippen LogP contribution >= 0.6 is 0 Å². The van der Waals surface area contributed by atoms with Gasteiger partial charge in [-0.3, -0.25) is 0 Å². The predicted octanol–water partition coefficient (Wildman–Crippen LogP) is 3.75. The Morgan fingerprint density at radius 2 is 1.89 bits per heavy atom. The number of hydrogen-bond acceptors (Lipinski definition) is 2. The Balaban J connectivity index is 1.89. The first-order chi connectivity index (χ1) is 8.45. The molecular weight excluding hydrogens is 222 g/mol. The van der Waals surface area contributed by atoms with E-state index in [1.165, 1.54) is 44.9 Å². The minimum atomic E-state index is 0.298. The fourth-order valence-electron chi connectivity index (χ4n) is 3.76. The maximum atomic E-state index is 6.45. The Bertz CT molecular complexity index is 263. The van der Waals surface area contributed by atoms with Crippen molar-refractivity contribution in [2.24, 2.45) is 11.3 Å². The molecule has 0 radical (unpaired) electrons. The molecule has 2 heteroatoms. The molecule has 106 valence electrons. The van der Waals surface area contributed by atoms with Gasteiger partial charge in [0.25, 0.3) is 0 Å². The van der Waals surface area contributed by atoms with Crippen LogP contribution in [0.4, 0.5) is 0 Å². The van der Waals surface area contributed by atoms with E-state index in [1.807, 2.05) is 0 Å². The zero-order valence-electron chi connectivity index (χ0n) is 12.7. The largest absolute Gasteiger partial charge is 0.372 e. The lowest BCUT2D eigenvalue weighted by atomic mass is 9.77. The summed E-state index contributed by atoms with van der Waals surface area (Å²) in [6, 6.07) is 0. The average Bonchev–Trinajstić information content (AvgIpc) is 2.88. The van der Waals surface area contributed by atoms with Crippen molar-refractivity contribution in [3.8, 4) is 0 Å². The maximum absolute atomic E-state index is 6.45. The van der Waals surface area contributed by atoms with Gasteiger partial charge in [-0.05, 0) is 57.0 Å². The van der Waals surface area contributed by atoms with Crippen LogP contribution in [0.15, 0.2) is 0 Å². The van der Waals surface area contributed by atoms with Crippen molar-refractivity contribution in [3.05, 3.63) is 0 Å². The molecule has 2 fully saturated rings. The van der Waals surface area contributed by atoms with Gasteiger partial charge in [-0.2, -0.15) is 0 Å². The SMILES string of the molecule is CNCC(CC1CCC2(CCCC2)O1)C(C)(C)C. The first-order valence-electron chi connectivity index (χ1n) is 7.78. The molecule has 2 rings (SSSR count). The molecule has 2 atom stereocenters. The van der Waals surface area contributed by atoms with Gasteiger partial charge in [0.2, 0.25) is 0 Å². The van der Waals surface area contributed by atoms with Gasteiger partial charge < -0.3 is 10.1 Å². The average molecular weight is 253 g/mol. The summed E-state index contributed by atoms with van der Waals surface area (Å²) in [5, 5.41) is 3.35. The van der Waals surface area contributed by atoms with Gasteiger partial charge in [-0.25, -0.2) is 0 Å². The van der Waals surface area contributed by atoms with Crippen molar-refractivity contribution in [3.63, 3.8) is 0 Å². The van der Waals surface area contributed by atoms with Crippen LogP contribution in [0, 0.1) is 11.3 Å². The minimum absolute atomic E-state index is 0.298. The molecule has 1 aliphatic carbocycles. The Labute approximate surface area is 113 Å². The standard InChI is InChI=1S/C16H31NO/c1-15(2,3)13(12-17-4)11-14-7-10-16(18-14)8-5-6-9-16/h13-14,17H,5-12H2,1-4H3. The summed E-state index contributed by atoms with van der Waals surface area (Å²) in [5.74, 6) is 0.712. The first-order valence-corrected chi connectivity index (χ1v) is 7.78. The van der Waals surface area contributed by atoms with E-state index in [9.17, 15) is 0 Å². The molecule has 0 aromatic heterocycles. The molecule has 1 N–H and O–H groups in total. The van der Waals surface area contributed by atoms with E-state index in [4.69, 9.17) is 4.74 Å². The lowest BCUT2D eigenvalue weighted by Crippen LogP contribution is -2.34. The summed E-state index contributed by atoms with van der Waals surface area (Å²) in [6.45, 7) is 8.18. The van der Waals surface area contributed by atoms with Crippen LogP contribution in [-0.4, -0.2) is 25.3 Å². The number of ether oxygens (including phenoxy) is 1. The summed E-state index contributed by atoms with van der Waals surface area (Å²) in [6.07, 6.45) is 9.74. The minimum Gasteiger partial charge on any atom is -0.372 e. The smallest absolute Gasteiger partial charge is 0.0687 e. The topological polar surface area (TPSA) is 21.3 Å². The number of hydrogen-bond donors (Lipinski definition) is 1. The van der Waals surface area contributed by atoms with Crippen LogP contribution in [0.2, 0.25) is 0 Å². The van der Waals surface area contributed by atoms with Gasteiger partial charge in [-0.15, -0.1) is 0 Å². The van der Waals surface area contributed by atoms with Gasteiger partial charge in [0.1, 0.15) is 0 Å². The fraction of sp³-hybridized carbons (Fsp3) is 1.00. The zero-order chi connectivity index (χ0) is 13.2. The van der Waals surface area contributed by atoms with E-state index in [2.05, 4.69) is 33.1 Å². The van der Waals surface area contributed by atoms with Crippen LogP contribution in [0.3, 0.4) is 0 Å². The Kier molecular flexibility index (Phi) is 4.38. The number of rotatable bonds is 4. The van der Waals surface area contributed by atoms with Crippen molar-refractivity contribution < 1.29 is 4.74 Å². The molecule has 0 aromatic carbocycles. The molecule has 0 aromatic rings. The highest BCUT2D eigenvalue weighted by atomic mass is 16.5. The summed E-state index contributed by atoms with van der Waals surface area (Å²) in [7, 11) is 2.06. The second-order valence-corrected chi connectivity index (χ2v) is 7.52. The predicted molar refractivity (Wildman–Crippen MR) is 76.8 cm³/mol. The normalized spacial score (nSPS) is 29.0. The fourth-order valence-corrected chi connectivity index (χ4v) is 3.76. The molecule has 0 amide bonds. The molecule has 1 heterocycles. The van der Waals surface area contributed by atoms with Gasteiger partial charge in [0, 0.05) is 0 Å². The molecule has 1 saturated heterocycles. The number of nitrogens with one attached hydrogen (secondary N) is 1. The maximum Gasteiger partial charge on any atom is 0.0687 e. The lowest BCUT2D eigenvalue weighted by molar-refractivity contribution is -0.0497. The van der Waals surface area contributed by atoms with Crippen LogP contribution in [0.25, 0.3) is 0 Å². The molecule has 2 aliphatic rings. The first kappa shape index (κ1) is 14.3. The quantitative estimate of drug-likeness (QED) is 0.824. The zero-order valence-corrected chi connectivity index (χ0v) is 12.7. The molecule has 1 aliphatic heterocycles. The van der Waals surface area contributed by atoms with E-state index >= 15 is 0 Å².